The average molecular weight is 365 g/mol. The lowest BCUT2D eigenvalue weighted by molar-refractivity contribution is 0.0857. The van der Waals surface area contributed by atoms with Crippen molar-refractivity contribution in [3.05, 3.63) is 23.8 Å². The number of rotatable bonds is 5. The molecule has 2 aliphatic heterocycles. The highest BCUT2D eigenvalue weighted by atomic mass is 32.2. The van der Waals surface area contributed by atoms with Crippen LogP contribution in [0.2, 0.25) is 0 Å². The normalized spacial score (nSPS) is 21.6. The van der Waals surface area contributed by atoms with Gasteiger partial charge in [-0.15, -0.1) is 4.40 Å². The average Bonchev–Trinajstić information content (AvgIpc) is 3.09. The Hall–Kier alpha value is -1.93. The summed E-state index contributed by atoms with van der Waals surface area (Å²) in [5.74, 6) is 0.145. The largest absolute Gasteiger partial charge is 0.376 e. The molecule has 2 heterocycles. The summed E-state index contributed by atoms with van der Waals surface area (Å²) >= 11 is 0. The summed E-state index contributed by atoms with van der Waals surface area (Å²) in [6.45, 7) is 5.52. The lowest BCUT2D eigenvalue weighted by atomic mass is 10.1. The van der Waals surface area contributed by atoms with E-state index >= 15 is 0 Å². The number of hydrogen-bond donors (Lipinski definition) is 1. The van der Waals surface area contributed by atoms with E-state index in [-0.39, 0.29) is 16.9 Å². The molecule has 0 spiro atoms. The smallest absolute Gasteiger partial charge is 0.286 e. The van der Waals surface area contributed by atoms with E-state index in [0.717, 1.165) is 25.9 Å². The molecule has 0 unspecified atom stereocenters. The van der Waals surface area contributed by atoms with Gasteiger partial charge in [0.1, 0.15) is 10.7 Å². The van der Waals surface area contributed by atoms with E-state index < -0.39 is 10.0 Å². The van der Waals surface area contributed by atoms with Gasteiger partial charge >= 0.3 is 0 Å². The Morgan fingerprint density at radius 1 is 1.44 bits per heavy atom. The fraction of sp³-hybridized carbons (Fsp3) is 0.529. The third kappa shape index (κ3) is 3.69. The Bertz CT molecular complexity index is 798. The molecule has 25 heavy (non-hydrogen) atoms. The van der Waals surface area contributed by atoms with Gasteiger partial charge in [-0.2, -0.15) is 8.42 Å². The van der Waals surface area contributed by atoms with Gasteiger partial charge in [-0.3, -0.25) is 4.79 Å². The highest BCUT2D eigenvalue weighted by molar-refractivity contribution is 7.90. The van der Waals surface area contributed by atoms with Crippen molar-refractivity contribution in [3.63, 3.8) is 0 Å². The number of amidine groups is 1. The number of anilines is 1. The topological polar surface area (TPSA) is 88.1 Å². The summed E-state index contributed by atoms with van der Waals surface area (Å²) in [4.78, 5) is 14.3. The lowest BCUT2D eigenvalue weighted by Gasteiger charge is -2.29. The number of carbonyl (C=O) groups is 1. The molecule has 1 saturated heterocycles. The van der Waals surface area contributed by atoms with Crippen LogP contribution in [0.3, 0.4) is 0 Å². The van der Waals surface area contributed by atoms with Crippen LogP contribution in [0.5, 0.6) is 0 Å². The number of nitrogens with zero attached hydrogens (tertiary/aromatic N) is 2. The molecular formula is C17H23N3O4S. The van der Waals surface area contributed by atoms with Gasteiger partial charge in [-0.05, 0) is 44.4 Å². The molecule has 1 aromatic carbocycles. The molecule has 1 aromatic rings. The minimum atomic E-state index is -3.79. The number of benzene rings is 1. The van der Waals surface area contributed by atoms with E-state index in [1.807, 2.05) is 11.8 Å². The summed E-state index contributed by atoms with van der Waals surface area (Å²) in [5, 5.41) is 2.81. The SMILES string of the molecule is CCCN1C(C)=NS(=O)(=O)c2cc(C(=O)NC[C@@H]3CCCO3)ccc21. The lowest BCUT2D eigenvalue weighted by Crippen LogP contribution is -2.35. The van der Waals surface area contributed by atoms with E-state index in [1.54, 1.807) is 19.1 Å². The van der Waals surface area contributed by atoms with Crippen molar-refractivity contribution in [2.45, 2.75) is 44.1 Å². The fourth-order valence-corrected chi connectivity index (χ4v) is 4.41. The first kappa shape index (κ1) is 17.9. The number of nitrogens with one attached hydrogen (secondary N) is 1. The minimum Gasteiger partial charge on any atom is -0.376 e. The maximum atomic E-state index is 12.4. The second-order valence-electron chi connectivity index (χ2n) is 6.29. The van der Waals surface area contributed by atoms with Crippen LogP contribution in [-0.4, -0.2) is 46.0 Å². The van der Waals surface area contributed by atoms with Gasteiger partial charge in [0, 0.05) is 25.3 Å². The molecule has 0 aliphatic carbocycles. The van der Waals surface area contributed by atoms with Crippen molar-refractivity contribution in [3.8, 4) is 0 Å². The summed E-state index contributed by atoms with van der Waals surface area (Å²) in [7, 11) is -3.79. The predicted octanol–water partition coefficient (Wildman–Crippen LogP) is 1.93. The molecule has 1 N–H and O–H groups in total. The zero-order valence-electron chi connectivity index (χ0n) is 14.5. The molecule has 7 nitrogen and oxygen atoms in total. The van der Waals surface area contributed by atoms with Crippen LogP contribution in [0.4, 0.5) is 5.69 Å². The van der Waals surface area contributed by atoms with E-state index in [9.17, 15) is 13.2 Å². The second kappa shape index (κ2) is 7.13. The van der Waals surface area contributed by atoms with Gasteiger partial charge in [0.2, 0.25) is 0 Å². The predicted molar refractivity (Wildman–Crippen MR) is 95.7 cm³/mol. The first-order chi connectivity index (χ1) is 11.9. The quantitative estimate of drug-likeness (QED) is 0.861. The Kier molecular flexibility index (Phi) is 5.10. The van der Waals surface area contributed by atoms with Crippen LogP contribution in [0, 0.1) is 0 Å². The van der Waals surface area contributed by atoms with E-state index in [0.29, 0.717) is 30.2 Å². The zero-order chi connectivity index (χ0) is 18.0. The van der Waals surface area contributed by atoms with Crippen molar-refractivity contribution < 1.29 is 17.9 Å². The van der Waals surface area contributed by atoms with Crippen LogP contribution in [-0.2, 0) is 14.8 Å². The van der Waals surface area contributed by atoms with Crippen molar-refractivity contribution >= 4 is 27.5 Å². The first-order valence-electron chi connectivity index (χ1n) is 8.55. The number of ether oxygens (including phenoxy) is 1. The van der Waals surface area contributed by atoms with Gasteiger partial charge < -0.3 is 15.0 Å². The molecule has 0 bridgehead atoms. The van der Waals surface area contributed by atoms with Gasteiger partial charge in [-0.25, -0.2) is 0 Å². The molecule has 136 valence electrons. The van der Waals surface area contributed by atoms with Crippen LogP contribution in [0.1, 0.15) is 43.5 Å². The van der Waals surface area contributed by atoms with Gasteiger partial charge in [0.15, 0.2) is 0 Å². The minimum absolute atomic E-state index is 0.0394. The van der Waals surface area contributed by atoms with Gasteiger partial charge in [-0.1, -0.05) is 6.92 Å². The maximum absolute atomic E-state index is 12.4. The van der Waals surface area contributed by atoms with Crippen LogP contribution < -0.4 is 10.2 Å². The summed E-state index contributed by atoms with van der Waals surface area (Å²) < 4.78 is 34.1. The highest BCUT2D eigenvalue weighted by Gasteiger charge is 2.29. The van der Waals surface area contributed by atoms with Crippen molar-refractivity contribution in [2.75, 3.05) is 24.6 Å². The Morgan fingerprint density at radius 2 is 2.24 bits per heavy atom. The van der Waals surface area contributed by atoms with Crippen LogP contribution >= 0.6 is 0 Å². The molecular weight excluding hydrogens is 342 g/mol. The number of fused-ring (bicyclic) bond motifs is 1. The summed E-state index contributed by atoms with van der Waals surface area (Å²) in [6.07, 6.45) is 2.83. The Balaban J connectivity index is 1.84. The molecule has 0 saturated carbocycles. The number of amides is 1. The molecule has 3 rings (SSSR count). The number of carbonyl (C=O) groups excluding carboxylic acids is 1. The van der Waals surface area contributed by atoms with Crippen molar-refractivity contribution in [1.82, 2.24) is 5.32 Å². The van der Waals surface area contributed by atoms with Gasteiger partial charge in [0.25, 0.3) is 15.9 Å². The molecule has 0 radical (unpaired) electrons. The molecule has 8 heteroatoms. The molecule has 1 amide bonds. The third-order valence-electron chi connectivity index (χ3n) is 4.40. The van der Waals surface area contributed by atoms with Crippen molar-refractivity contribution in [1.29, 1.82) is 0 Å². The summed E-state index contributed by atoms with van der Waals surface area (Å²) in [6, 6.07) is 4.75. The Morgan fingerprint density at radius 3 is 2.92 bits per heavy atom. The fourth-order valence-electron chi connectivity index (χ4n) is 3.15. The second-order valence-corrected chi connectivity index (χ2v) is 7.87. The standard InChI is InChI=1S/C17H23N3O4S/c1-3-8-20-12(2)19-25(22,23)16-10-13(6-7-15(16)20)17(21)18-11-14-5-4-9-24-14/h6-7,10,14H,3-5,8-9,11H2,1-2H3,(H,18,21)/t14-/m0/s1. The first-order valence-corrected chi connectivity index (χ1v) is 9.99. The van der Waals surface area contributed by atoms with Crippen LogP contribution in [0.25, 0.3) is 0 Å². The third-order valence-corrected chi connectivity index (χ3v) is 5.78. The monoisotopic (exact) mass is 365 g/mol. The van der Waals surface area contributed by atoms with Crippen molar-refractivity contribution in [2.24, 2.45) is 4.40 Å². The number of hydrogen-bond acceptors (Lipinski definition) is 5. The molecule has 2 aliphatic rings. The summed E-state index contributed by atoms with van der Waals surface area (Å²) in [5.41, 5.74) is 0.886. The highest BCUT2D eigenvalue weighted by Crippen LogP contribution is 2.32. The van der Waals surface area contributed by atoms with E-state index in [1.165, 1.54) is 6.07 Å². The molecule has 1 atom stereocenters. The Labute approximate surface area is 148 Å². The van der Waals surface area contributed by atoms with E-state index in [4.69, 9.17) is 4.74 Å². The van der Waals surface area contributed by atoms with Gasteiger partial charge in [0.05, 0.1) is 11.8 Å². The maximum Gasteiger partial charge on any atom is 0.286 e. The zero-order valence-corrected chi connectivity index (χ0v) is 15.3. The molecule has 1 fully saturated rings. The van der Waals surface area contributed by atoms with E-state index in [2.05, 4.69) is 9.71 Å². The molecule has 0 aromatic heterocycles. The number of sulfonamides is 1. The van der Waals surface area contributed by atoms with Crippen LogP contribution in [0.15, 0.2) is 27.5 Å².